The van der Waals surface area contributed by atoms with Gasteiger partial charge in [-0.2, -0.15) is 0 Å². The van der Waals surface area contributed by atoms with Crippen molar-refractivity contribution >= 4 is 24.3 Å². The number of hydrogen-bond acceptors (Lipinski definition) is 1. The first-order valence-corrected chi connectivity index (χ1v) is 7.71. The lowest BCUT2D eigenvalue weighted by atomic mass is 10.2. The Morgan fingerprint density at radius 1 is 0.882 bits per heavy atom. The fourth-order valence-corrected chi connectivity index (χ4v) is 5.05. The summed E-state index contributed by atoms with van der Waals surface area (Å²) in [6, 6.07) is 12.8. The van der Waals surface area contributed by atoms with Gasteiger partial charge in [-0.3, -0.25) is 0 Å². The van der Waals surface area contributed by atoms with Crippen molar-refractivity contribution in [1.29, 1.82) is 0 Å². The molecule has 0 aliphatic rings. The summed E-state index contributed by atoms with van der Waals surface area (Å²) in [4.78, 5) is 4.85. The molecule has 2 heteroatoms. The van der Waals surface area contributed by atoms with E-state index in [0.717, 1.165) is 5.52 Å². The maximum atomic E-state index is 4.85. The third kappa shape index (κ3) is 2.66. The summed E-state index contributed by atoms with van der Waals surface area (Å²) in [5.74, 6) is 0. The highest BCUT2D eigenvalue weighted by Gasteiger charge is 2.20. The molecule has 0 N–H and O–H groups in total. The average Bonchev–Trinajstić information content (AvgIpc) is 2.28. The first-order valence-electron chi connectivity index (χ1n) is 6.23. The average molecular weight is 245 g/mol. The molecule has 17 heavy (non-hydrogen) atoms. The number of nitrogens with zero attached hydrogens (tertiary/aromatic N) is 1. The van der Waals surface area contributed by atoms with Crippen molar-refractivity contribution in [3.05, 3.63) is 36.4 Å². The number of hydrogen-bond donors (Lipinski definition) is 0. The van der Waals surface area contributed by atoms with E-state index in [4.69, 9.17) is 4.98 Å². The summed E-state index contributed by atoms with van der Waals surface area (Å²) in [7, 11) is -0.158. The predicted octanol–water partition coefficient (Wildman–Crippen LogP) is 4.16. The van der Waals surface area contributed by atoms with Crippen LogP contribution in [-0.4, -0.2) is 16.3 Å². The van der Waals surface area contributed by atoms with Crippen LogP contribution < -0.4 is 5.44 Å². The van der Waals surface area contributed by atoms with E-state index in [9.17, 15) is 0 Å². The van der Waals surface area contributed by atoms with Crippen LogP contribution in [0.4, 0.5) is 0 Å². The van der Waals surface area contributed by atoms with Crippen LogP contribution in [0.2, 0.25) is 0 Å². The van der Waals surface area contributed by atoms with E-state index in [1.807, 2.05) is 0 Å². The topological polar surface area (TPSA) is 12.9 Å². The van der Waals surface area contributed by atoms with Crippen LogP contribution in [0, 0.1) is 0 Å². The Balaban J connectivity index is 2.47. The second-order valence-electron chi connectivity index (χ2n) is 4.96. The van der Waals surface area contributed by atoms with Crippen LogP contribution in [0.3, 0.4) is 0 Å². The van der Waals surface area contributed by atoms with Crippen molar-refractivity contribution in [2.45, 2.75) is 39.0 Å². The molecule has 90 valence electrons. The van der Waals surface area contributed by atoms with Gasteiger partial charge >= 0.3 is 0 Å². The van der Waals surface area contributed by atoms with E-state index in [1.54, 1.807) is 0 Å². The summed E-state index contributed by atoms with van der Waals surface area (Å²) < 4.78 is 0. The van der Waals surface area contributed by atoms with Crippen molar-refractivity contribution < 1.29 is 0 Å². The highest BCUT2D eigenvalue weighted by Crippen LogP contribution is 2.44. The SMILES string of the molecule is CC(C)P(c1ccc2ccccc2n1)C(C)C. The van der Waals surface area contributed by atoms with Gasteiger partial charge < -0.3 is 0 Å². The first kappa shape index (κ1) is 12.5. The highest BCUT2D eigenvalue weighted by atomic mass is 31.1. The predicted molar refractivity (Wildman–Crippen MR) is 78.6 cm³/mol. The number of rotatable bonds is 3. The summed E-state index contributed by atoms with van der Waals surface area (Å²) in [6.45, 7) is 9.23. The fraction of sp³-hybridized carbons (Fsp3) is 0.400. The van der Waals surface area contributed by atoms with Crippen LogP contribution in [0.25, 0.3) is 10.9 Å². The van der Waals surface area contributed by atoms with Gasteiger partial charge in [-0.25, -0.2) is 4.98 Å². The molecule has 0 amide bonds. The summed E-state index contributed by atoms with van der Waals surface area (Å²) >= 11 is 0. The fourth-order valence-electron chi connectivity index (χ4n) is 2.32. The van der Waals surface area contributed by atoms with Gasteiger partial charge in [0.05, 0.1) is 11.0 Å². The van der Waals surface area contributed by atoms with Gasteiger partial charge in [0, 0.05) is 5.39 Å². The lowest BCUT2D eigenvalue weighted by molar-refractivity contribution is 1.02. The quantitative estimate of drug-likeness (QED) is 0.740. The van der Waals surface area contributed by atoms with Crippen LogP contribution in [-0.2, 0) is 0 Å². The Labute approximate surface area is 105 Å². The molecule has 2 aromatic rings. The largest absolute Gasteiger partial charge is 0.248 e. The summed E-state index contributed by atoms with van der Waals surface area (Å²) in [5.41, 5.74) is 3.81. The normalized spacial score (nSPS) is 11.9. The van der Waals surface area contributed by atoms with Crippen molar-refractivity contribution in [3.8, 4) is 0 Å². The van der Waals surface area contributed by atoms with Gasteiger partial charge in [0.25, 0.3) is 0 Å². The molecule has 0 saturated heterocycles. The smallest absolute Gasteiger partial charge is 0.0709 e. The van der Waals surface area contributed by atoms with Gasteiger partial charge in [0.1, 0.15) is 0 Å². The molecule has 0 fully saturated rings. The molecular weight excluding hydrogens is 225 g/mol. The van der Waals surface area contributed by atoms with Crippen LogP contribution in [0.1, 0.15) is 27.7 Å². The Kier molecular flexibility index (Phi) is 3.79. The molecule has 0 radical (unpaired) electrons. The summed E-state index contributed by atoms with van der Waals surface area (Å²) in [6.07, 6.45) is 0. The molecule has 0 aliphatic heterocycles. The molecule has 1 heterocycles. The van der Waals surface area contributed by atoms with Crippen molar-refractivity contribution in [3.63, 3.8) is 0 Å². The zero-order valence-corrected chi connectivity index (χ0v) is 11.9. The molecule has 0 saturated carbocycles. The third-order valence-corrected chi connectivity index (χ3v) is 5.96. The van der Waals surface area contributed by atoms with E-state index in [1.165, 1.54) is 10.8 Å². The maximum Gasteiger partial charge on any atom is 0.0709 e. The van der Waals surface area contributed by atoms with E-state index in [2.05, 4.69) is 64.1 Å². The molecule has 0 aliphatic carbocycles. The molecule has 1 aromatic heterocycles. The standard InChI is InChI=1S/C15H20NP/c1-11(2)17(12(3)4)15-10-9-13-7-5-6-8-14(13)16-15/h5-12H,1-4H3. The lowest BCUT2D eigenvalue weighted by Crippen LogP contribution is -2.17. The first-order chi connectivity index (χ1) is 8.09. The monoisotopic (exact) mass is 245 g/mol. The minimum absolute atomic E-state index is 0.158. The molecule has 0 unspecified atom stereocenters. The molecule has 0 atom stereocenters. The van der Waals surface area contributed by atoms with Crippen molar-refractivity contribution in [1.82, 2.24) is 4.98 Å². The Hall–Kier alpha value is -0.940. The zero-order valence-electron chi connectivity index (χ0n) is 11.0. The number of para-hydroxylation sites is 1. The maximum absolute atomic E-state index is 4.85. The van der Waals surface area contributed by atoms with E-state index in [0.29, 0.717) is 11.3 Å². The molecular formula is C15H20NP. The van der Waals surface area contributed by atoms with Gasteiger partial charge in [0.15, 0.2) is 0 Å². The second-order valence-corrected chi connectivity index (χ2v) is 8.30. The minimum atomic E-state index is -0.158. The molecule has 1 nitrogen and oxygen atoms in total. The third-order valence-electron chi connectivity index (χ3n) is 2.96. The molecule has 1 aromatic carbocycles. The molecule has 0 spiro atoms. The highest BCUT2D eigenvalue weighted by molar-refractivity contribution is 7.66. The van der Waals surface area contributed by atoms with E-state index in [-0.39, 0.29) is 7.92 Å². The zero-order chi connectivity index (χ0) is 12.4. The van der Waals surface area contributed by atoms with E-state index >= 15 is 0 Å². The van der Waals surface area contributed by atoms with E-state index < -0.39 is 0 Å². The molecule has 0 bridgehead atoms. The number of fused-ring (bicyclic) bond motifs is 1. The van der Waals surface area contributed by atoms with Gasteiger partial charge in [-0.1, -0.05) is 52.0 Å². The lowest BCUT2D eigenvalue weighted by Gasteiger charge is -2.25. The second kappa shape index (κ2) is 5.14. The van der Waals surface area contributed by atoms with Crippen LogP contribution >= 0.6 is 7.92 Å². The van der Waals surface area contributed by atoms with Gasteiger partial charge in [-0.15, -0.1) is 0 Å². The van der Waals surface area contributed by atoms with Crippen LogP contribution in [0.5, 0.6) is 0 Å². The van der Waals surface area contributed by atoms with Crippen molar-refractivity contribution in [2.24, 2.45) is 0 Å². The van der Waals surface area contributed by atoms with Crippen LogP contribution in [0.15, 0.2) is 36.4 Å². The number of aromatic nitrogens is 1. The number of pyridine rings is 1. The van der Waals surface area contributed by atoms with Gasteiger partial charge in [0.2, 0.25) is 0 Å². The summed E-state index contributed by atoms with van der Waals surface area (Å²) in [5, 5.41) is 1.23. The molecule has 2 rings (SSSR count). The Bertz CT molecular complexity index is 497. The van der Waals surface area contributed by atoms with Crippen molar-refractivity contribution in [2.75, 3.05) is 0 Å². The minimum Gasteiger partial charge on any atom is -0.248 e. The number of benzene rings is 1. The Morgan fingerprint density at radius 3 is 2.18 bits per heavy atom. The van der Waals surface area contributed by atoms with Gasteiger partial charge in [-0.05, 0) is 31.4 Å². The Morgan fingerprint density at radius 2 is 1.53 bits per heavy atom.